The Morgan fingerprint density at radius 2 is 1.95 bits per heavy atom. The maximum Gasteiger partial charge on any atom is 0.338 e. The Morgan fingerprint density at radius 1 is 1.32 bits per heavy atom. The van der Waals surface area contributed by atoms with Gasteiger partial charge in [0, 0.05) is 18.6 Å². The van der Waals surface area contributed by atoms with Crippen LogP contribution in [0.1, 0.15) is 23.7 Å². The summed E-state index contributed by atoms with van der Waals surface area (Å²) < 4.78 is 30.4. The van der Waals surface area contributed by atoms with Crippen molar-refractivity contribution in [3.05, 3.63) is 28.8 Å². The van der Waals surface area contributed by atoms with Gasteiger partial charge in [-0.2, -0.15) is 0 Å². The van der Waals surface area contributed by atoms with Gasteiger partial charge in [-0.3, -0.25) is 4.79 Å². The molecular formula is C13H16ClNO6S. The van der Waals surface area contributed by atoms with Crippen molar-refractivity contribution < 1.29 is 27.9 Å². The minimum absolute atomic E-state index is 0.0135. The summed E-state index contributed by atoms with van der Waals surface area (Å²) in [5.74, 6) is -1.80. The number of hydrogen-bond donors (Lipinski definition) is 1. The van der Waals surface area contributed by atoms with Crippen molar-refractivity contribution in [2.75, 3.05) is 20.2 Å². The molecule has 0 aromatic heterocycles. The lowest BCUT2D eigenvalue weighted by Crippen LogP contribution is -2.29. The highest BCUT2D eigenvalue weighted by Crippen LogP contribution is 2.22. The summed E-state index contributed by atoms with van der Waals surface area (Å²) in [5, 5.41) is 8.68. The number of nitrogens with zero attached hydrogens (tertiary/aromatic N) is 1. The summed E-state index contributed by atoms with van der Waals surface area (Å²) in [6, 6.07) is 3.64. The molecule has 0 bridgehead atoms. The van der Waals surface area contributed by atoms with E-state index in [0.717, 1.165) is 10.4 Å². The summed E-state index contributed by atoms with van der Waals surface area (Å²) in [6.07, 6.45) is -0.332. The summed E-state index contributed by atoms with van der Waals surface area (Å²) in [4.78, 5) is 22.0. The quantitative estimate of drug-likeness (QED) is 0.750. The number of carbonyl (C=O) groups is 2. The van der Waals surface area contributed by atoms with E-state index in [4.69, 9.17) is 21.4 Å². The van der Waals surface area contributed by atoms with Crippen molar-refractivity contribution in [3.63, 3.8) is 0 Å². The van der Waals surface area contributed by atoms with Gasteiger partial charge >= 0.3 is 11.9 Å². The van der Waals surface area contributed by atoms with E-state index in [1.165, 1.54) is 19.2 Å². The highest BCUT2D eigenvalue weighted by Gasteiger charge is 2.23. The zero-order chi connectivity index (χ0) is 16.9. The molecule has 1 aromatic rings. The summed E-state index contributed by atoms with van der Waals surface area (Å²) >= 11 is 5.85. The van der Waals surface area contributed by atoms with Crippen LogP contribution < -0.4 is 0 Å². The first kappa shape index (κ1) is 18.4. The number of sulfonamides is 1. The number of halogens is 1. The van der Waals surface area contributed by atoms with Crippen LogP contribution in [0.2, 0.25) is 5.02 Å². The lowest BCUT2D eigenvalue weighted by atomic mass is 10.2. The largest absolute Gasteiger partial charge is 0.481 e. The first-order valence-corrected chi connectivity index (χ1v) is 8.16. The molecule has 0 aliphatic heterocycles. The molecule has 1 aromatic carbocycles. The maximum atomic E-state index is 12.4. The number of carboxylic acids is 1. The summed E-state index contributed by atoms with van der Waals surface area (Å²) in [7, 11) is -2.70. The predicted octanol–water partition coefficient (Wildman–Crippen LogP) is 1.61. The van der Waals surface area contributed by atoms with Crippen molar-refractivity contribution in [2.45, 2.75) is 18.2 Å². The van der Waals surface area contributed by atoms with Crippen LogP contribution in [0, 0.1) is 0 Å². The Morgan fingerprint density at radius 3 is 2.50 bits per heavy atom. The third kappa shape index (κ3) is 4.69. The SMILES string of the molecule is CCOC(=O)c1cc(Cl)cc(S(=O)(=O)N(C)CCC(=O)O)c1. The fourth-order valence-corrected chi connectivity index (χ4v) is 3.14. The second-order valence-corrected chi connectivity index (χ2v) is 6.85. The topological polar surface area (TPSA) is 101 Å². The molecule has 7 nitrogen and oxygen atoms in total. The molecule has 0 fully saturated rings. The Balaban J connectivity index is 3.13. The van der Waals surface area contributed by atoms with Crippen LogP contribution in [-0.2, 0) is 19.6 Å². The van der Waals surface area contributed by atoms with E-state index in [-0.39, 0.29) is 35.1 Å². The molecule has 0 aliphatic carbocycles. The molecule has 22 heavy (non-hydrogen) atoms. The standard InChI is InChI=1S/C13H16ClNO6S/c1-3-21-13(18)9-6-10(14)8-11(7-9)22(19,20)15(2)5-4-12(16)17/h6-8H,3-5H2,1-2H3,(H,16,17). The number of carbonyl (C=O) groups excluding carboxylic acids is 1. The van der Waals surface area contributed by atoms with Crippen LogP contribution in [0.15, 0.2) is 23.1 Å². The molecular weight excluding hydrogens is 334 g/mol. The van der Waals surface area contributed by atoms with E-state index in [0.29, 0.717) is 0 Å². The minimum Gasteiger partial charge on any atom is -0.481 e. The molecule has 1 N–H and O–H groups in total. The normalized spacial score (nSPS) is 11.5. The highest BCUT2D eigenvalue weighted by molar-refractivity contribution is 7.89. The molecule has 0 spiro atoms. The molecule has 0 saturated heterocycles. The van der Waals surface area contributed by atoms with E-state index in [1.807, 2.05) is 0 Å². The van der Waals surface area contributed by atoms with E-state index in [9.17, 15) is 18.0 Å². The van der Waals surface area contributed by atoms with Gasteiger partial charge in [0.2, 0.25) is 10.0 Å². The summed E-state index contributed by atoms with van der Waals surface area (Å²) in [5.41, 5.74) is 0.0135. The van der Waals surface area contributed by atoms with Gasteiger partial charge in [-0.15, -0.1) is 0 Å². The van der Waals surface area contributed by atoms with Crippen LogP contribution in [-0.4, -0.2) is 50.0 Å². The van der Waals surface area contributed by atoms with Crippen LogP contribution in [0.5, 0.6) is 0 Å². The lowest BCUT2D eigenvalue weighted by Gasteiger charge is -2.17. The monoisotopic (exact) mass is 349 g/mol. The van der Waals surface area contributed by atoms with E-state index >= 15 is 0 Å². The fourth-order valence-electron chi connectivity index (χ4n) is 1.60. The van der Waals surface area contributed by atoms with E-state index in [1.54, 1.807) is 6.92 Å². The van der Waals surface area contributed by atoms with Crippen molar-refractivity contribution in [1.29, 1.82) is 0 Å². The number of benzene rings is 1. The van der Waals surface area contributed by atoms with E-state index in [2.05, 4.69) is 0 Å². The zero-order valence-electron chi connectivity index (χ0n) is 12.1. The minimum atomic E-state index is -3.95. The van der Waals surface area contributed by atoms with Gasteiger partial charge in [-0.25, -0.2) is 17.5 Å². The van der Waals surface area contributed by atoms with Crippen molar-refractivity contribution >= 4 is 33.6 Å². The third-order valence-corrected chi connectivity index (χ3v) is 4.78. The number of esters is 1. The fraction of sp³-hybridized carbons (Fsp3) is 0.385. The van der Waals surface area contributed by atoms with Crippen molar-refractivity contribution in [2.24, 2.45) is 0 Å². The second kappa shape index (κ2) is 7.57. The van der Waals surface area contributed by atoms with Gasteiger partial charge in [0.05, 0.1) is 23.5 Å². The zero-order valence-corrected chi connectivity index (χ0v) is 13.6. The Hall–Kier alpha value is -1.64. The number of carboxylic acid groups (broad SMARTS) is 1. The Bertz CT molecular complexity index is 673. The predicted molar refractivity (Wildman–Crippen MR) is 79.5 cm³/mol. The second-order valence-electron chi connectivity index (χ2n) is 4.37. The highest BCUT2D eigenvalue weighted by atomic mass is 35.5. The average molecular weight is 350 g/mol. The Kier molecular flexibility index (Phi) is 6.34. The summed E-state index contributed by atoms with van der Waals surface area (Å²) in [6.45, 7) is 1.57. The molecule has 122 valence electrons. The third-order valence-electron chi connectivity index (χ3n) is 2.73. The van der Waals surface area contributed by atoms with Crippen LogP contribution in [0.25, 0.3) is 0 Å². The molecule has 0 aliphatic rings. The first-order chi connectivity index (χ1) is 10.2. The van der Waals surface area contributed by atoms with Crippen LogP contribution >= 0.6 is 11.6 Å². The number of ether oxygens (including phenoxy) is 1. The van der Waals surface area contributed by atoms with Gasteiger partial charge in [-0.05, 0) is 25.1 Å². The maximum absolute atomic E-state index is 12.4. The van der Waals surface area contributed by atoms with Crippen molar-refractivity contribution in [1.82, 2.24) is 4.31 Å². The molecule has 0 radical (unpaired) electrons. The smallest absolute Gasteiger partial charge is 0.338 e. The van der Waals surface area contributed by atoms with Gasteiger partial charge < -0.3 is 9.84 Å². The molecule has 9 heteroatoms. The average Bonchev–Trinajstić information content (AvgIpc) is 2.44. The number of rotatable bonds is 7. The van der Waals surface area contributed by atoms with Crippen LogP contribution in [0.3, 0.4) is 0 Å². The van der Waals surface area contributed by atoms with Gasteiger partial charge in [0.25, 0.3) is 0 Å². The molecule has 0 saturated carbocycles. The van der Waals surface area contributed by atoms with Gasteiger partial charge in [0.1, 0.15) is 0 Å². The van der Waals surface area contributed by atoms with Crippen LogP contribution in [0.4, 0.5) is 0 Å². The lowest BCUT2D eigenvalue weighted by molar-refractivity contribution is -0.137. The Labute approximate surface area is 133 Å². The molecule has 0 amide bonds. The van der Waals surface area contributed by atoms with Crippen molar-refractivity contribution in [3.8, 4) is 0 Å². The first-order valence-electron chi connectivity index (χ1n) is 6.34. The molecule has 1 rings (SSSR count). The molecule has 0 atom stereocenters. The van der Waals surface area contributed by atoms with Gasteiger partial charge in [0.15, 0.2) is 0 Å². The van der Waals surface area contributed by atoms with Gasteiger partial charge in [-0.1, -0.05) is 11.6 Å². The molecule has 0 unspecified atom stereocenters. The molecule has 0 heterocycles. The van der Waals surface area contributed by atoms with E-state index < -0.39 is 22.0 Å². The number of aliphatic carboxylic acids is 1. The number of hydrogen-bond acceptors (Lipinski definition) is 5.